The maximum Gasteiger partial charge on any atom is 0.225 e. The van der Waals surface area contributed by atoms with Crippen molar-refractivity contribution in [2.75, 3.05) is 17.3 Å². The van der Waals surface area contributed by atoms with E-state index in [2.05, 4.69) is 28.7 Å². The standard InChI is InChI=1S/C12H20ClN3/c1-9(2)16(7-5-6-13)12-14-10(3)8-11(4)15-12/h8-9H,5-7H2,1-4H3. The van der Waals surface area contributed by atoms with Gasteiger partial charge in [0.2, 0.25) is 5.95 Å². The predicted molar refractivity (Wildman–Crippen MR) is 69.3 cm³/mol. The van der Waals surface area contributed by atoms with Crippen LogP contribution >= 0.6 is 11.6 Å². The molecule has 1 aromatic heterocycles. The average molecular weight is 242 g/mol. The second kappa shape index (κ2) is 6.04. The number of aryl methyl sites for hydroxylation is 2. The van der Waals surface area contributed by atoms with Crippen molar-refractivity contribution in [1.29, 1.82) is 0 Å². The second-order valence-electron chi connectivity index (χ2n) is 4.28. The summed E-state index contributed by atoms with van der Waals surface area (Å²) in [6.07, 6.45) is 0.954. The Balaban J connectivity index is 2.91. The Labute approximate surface area is 103 Å². The number of alkyl halides is 1. The van der Waals surface area contributed by atoms with Gasteiger partial charge in [0, 0.05) is 29.9 Å². The highest BCUT2D eigenvalue weighted by molar-refractivity contribution is 6.17. The molecular weight excluding hydrogens is 222 g/mol. The number of rotatable bonds is 5. The molecule has 0 saturated carbocycles. The van der Waals surface area contributed by atoms with Gasteiger partial charge in [-0.2, -0.15) is 0 Å². The number of hydrogen-bond acceptors (Lipinski definition) is 3. The molecule has 0 unspecified atom stereocenters. The van der Waals surface area contributed by atoms with E-state index in [9.17, 15) is 0 Å². The first-order valence-corrected chi connectivity index (χ1v) is 6.23. The Morgan fingerprint density at radius 2 is 1.81 bits per heavy atom. The number of hydrogen-bond donors (Lipinski definition) is 0. The normalized spacial score (nSPS) is 10.9. The van der Waals surface area contributed by atoms with Gasteiger partial charge in [0.1, 0.15) is 0 Å². The van der Waals surface area contributed by atoms with Crippen molar-refractivity contribution in [2.45, 2.75) is 40.2 Å². The minimum atomic E-state index is 0.393. The van der Waals surface area contributed by atoms with Crippen LogP contribution in [0.3, 0.4) is 0 Å². The topological polar surface area (TPSA) is 29.0 Å². The van der Waals surface area contributed by atoms with E-state index in [1.165, 1.54) is 0 Å². The Kier molecular flexibility index (Phi) is 5.00. The molecule has 0 bridgehead atoms. The van der Waals surface area contributed by atoms with Gasteiger partial charge in [-0.1, -0.05) is 0 Å². The SMILES string of the molecule is Cc1cc(C)nc(N(CCCCl)C(C)C)n1. The highest BCUT2D eigenvalue weighted by atomic mass is 35.5. The summed E-state index contributed by atoms with van der Waals surface area (Å²) in [4.78, 5) is 11.2. The summed E-state index contributed by atoms with van der Waals surface area (Å²) in [6, 6.07) is 2.38. The molecule has 0 radical (unpaired) electrons. The number of anilines is 1. The summed E-state index contributed by atoms with van der Waals surface area (Å²) in [5.74, 6) is 1.49. The molecule has 0 aliphatic rings. The van der Waals surface area contributed by atoms with E-state index in [1.807, 2.05) is 19.9 Å². The molecule has 90 valence electrons. The lowest BCUT2D eigenvalue weighted by Gasteiger charge is -2.26. The van der Waals surface area contributed by atoms with Gasteiger partial charge in [0.15, 0.2) is 0 Å². The van der Waals surface area contributed by atoms with E-state index in [-0.39, 0.29) is 0 Å². The Morgan fingerprint density at radius 1 is 1.25 bits per heavy atom. The lowest BCUT2D eigenvalue weighted by molar-refractivity contribution is 0.650. The van der Waals surface area contributed by atoms with Gasteiger partial charge < -0.3 is 4.90 Å². The molecule has 0 N–H and O–H groups in total. The van der Waals surface area contributed by atoms with Crippen LogP contribution < -0.4 is 4.90 Å². The van der Waals surface area contributed by atoms with Crippen molar-refractivity contribution in [3.05, 3.63) is 17.5 Å². The molecule has 1 aromatic rings. The molecule has 0 fully saturated rings. The van der Waals surface area contributed by atoms with E-state index < -0.39 is 0 Å². The molecule has 3 nitrogen and oxygen atoms in total. The third-order valence-electron chi connectivity index (χ3n) is 2.38. The first-order valence-electron chi connectivity index (χ1n) is 5.69. The van der Waals surface area contributed by atoms with Crippen molar-refractivity contribution in [3.63, 3.8) is 0 Å². The van der Waals surface area contributed by atoms with E-state index in [1.54, 1.807) is 0 Å². The van der Waals surface area contributed by atoms with Gasteiger partial charge >= 0.3 is 0 Å². The molecule has 0 spiro atoms. The smallest absolute Gasteiger partial charge is 0.225 e. The molecule has 0 aliphatic heterocycles. The van der Waals surface area contributed by atoms with Crippen LogP contribution in [0, 0.1) is 13.8 Å². The van der Waals surface area contributed by atoms with Crippen LogP contribution in [0.1, 0.15) is 31.7 Å². The minimum Gasteiger partial charge on any atom is -0.338 e. The highest BCUT2D eigenvalue weighted by Crippen LogP contribution is 2.13. The maximum atomic E-state index is 5.73. The third kappa shape index (κ3) is 3.63. The zero-order valence-electron chi connectivity index (χ0n) is 10.5. The fourth-order valence-corrected chi connectivity index (χ4v) is 1.77. The van der Waals surface area contributed by atoms with Crippen LogP contribution in [0.4, 0.5) is 5.95 Å². The average Bonchev–Trinajstić information content (AvgIpc) is 2.16. The lowest BCUT2D eigenvalue weighted by Crippen LogP contribution is -2.33. The van der Waals surface area contributed by atoms with Crippen molar-refractivity contribution in [1.82, 2.24) is 9.97 Å². The zero-order valence-corrected chi connectivity index (χ0v) is 11.3. The third-order valence-corrected chi connectivity index (χ3v) is 2.65. The quantitative estimate of drug-likeness (QED) is 0.743. The molecule has 0 saturated heterocycles. The van der Waals surface area contributed by atoms with Gasteiger partial charge in [-0.05, 0) is 40.2 Å². The fourth-order valence-electron chi connectivity index (χ4n) is 1.66. The maximum absolute atomic E-state index is 5.73. The van der Waals surface area contributed by atoms with Crippen LogP contribution in [0.5, 0.6) is 0 Å². The largest absolute Gasteiger partial charge is 0.338 e. The van der Waals surface area contributed by atoms with Gasteiger partial charge in [0.05, 0.1) is 0 Å². The molecule has 1 rings (SSSR count). The summed E-state index contributed by atoms with van der Waals surface area (Å²) in [5, 5.41) is 0. The van der Waals surface area contributed by atoms with Crippen molar-refractivity contribution < 1.29 is 0 Å². The van der Waals surface area contributed by atoms with Crippen LogP contribution in [0.2, 0.25) is 0 Å². The van der Waals surface area contributed by atoms with Gasteiger partial charge in [-0.3, -0.25) is 0 Å². The first-order chi connectivity index (χ1) is 7.54. The van der Waals surface area contributed by atoms with Crippen LogP contribution in [-0.4, -0.2) is 28.4 Å². The number of halogens is 1. The van der Waals surface area contributed by atoms with Gasteiger partial charge in [-0.15, -0.1) is 11.6 Å². The van der Waals surface area contributed by atoms with E-state index in [0.29, 0.717) is 11.9 Å². The van der Waals surface area contributed by atoms with E-state index in [0.717, 1.165) is 30.3 Å². The molecule has 0 amide bonds. The Morgan fingerprint density at radius 3 is 2.25 bits per heavy atom. The zero-order chi connectivity index (χ0) is 12.1. The summed E-state index contributed by atoms with van der Waals surface area (Å²) in [5.41, 5.74) is 2.03. The fraction of sp³-hybridized carbons (Fsp3) is 0.667. The predicted octanol–water partition coefficient (Wildman–Crippen LogP) is 2.94. The van der Waals surface area contributed by atoms with Gasteiger partial charge in [-0.25, -0.2) is 9.97 Å². The van der Waals surface area contributed by atoms with Gasteiger partial charge in [0.25, 0.3) is 0 Å². The van der Waals surface area contributed by atoms with Crippen LogP contribution in [0.15, 0.2) is 6.07 Å². The number of aromatic nitrogens is 2. The molecule has 0 aromatic carbocycles. The lowest BCUT2D eigenvalue weighted by atomic mass is 10.3. The summed E-state index contributed by atoms with van der Waals surface area (Å²) < 4.78 is 0. The molecule has 4 heteroatoms. The molecule has 1 heterocycles. The number of nitrogens with zero attached hydrogens (tertiary/aromatic N) is 3. The highest BCUT2D eigenvalue weighted by Gasteiger charge is 2.13. The molecule has 0 atom stereocenters. The van der Waals surface area contributed by atoms with Crippen LogP contribution in [0.25, 0.3) is 0 Å². The van der Waals surface area contributed by atoms with Crippen molar-refractivity contribution in [3.8, 4) is 0 Å². The van der Waals surface area contributed by atoms with E-state index in [4.69, 9.17) is 11.6 Å². The van der Waals surface area contributed by atoms with Crippen molar-refractivity contribution in [2.24, 2.45) is 0 Å². The van der Waals surface area contributed by atoms with Crippen LogP contribution in [-0.2, 0) is 0 Å². The summed E-state index contributed by atoms with van der Waals surface area (Å²) in [6.45, 7) is 9.20. The summed E-state index contributed by atoms with van der Waals surface area (Å²) in [7, 11) is 0. The first kappa shape index (κ1) is 13.2. The Hall–Kier alpha value is -0.830. The molecule has 0 aliphatic carbocycles. The van der Waals surface area contributed by atoms with Crippen molar-refractivity contribution >= 4 is 17.5 Å². The molecular formula is C12H20ClN3. The Bertz CT molecular complexity index is 319. The monoisotopic (exact) mass is 241 g/mol. The second-order valence-corrected chi connectivity index (χ2v) is 4.66. The van der Waals surface area contributed by atoms with E-state index >= 15 is 0 Å². The summed E-state index contributed by atoms with van der Waals surface area (Å²) >= 11 is 5.73. The minimum absolute atomic E-state index is 0.393. The molecule has 16 heavy (non-hydrogen) atoms.